The Morgan fingerprint density at radius 2 is 0.672 bits per heavy atom. The first kappa shape index (κ1) is 42.0. The Kier molecular flexibility index (Phi) is 14.6. The van der Waals surface area contributed by atoms with Crippen molar-refractivity contribution < 1.29 is 37.9 Å². The van der Waals surface area contributed by atoms with Gasteiger partial charge in [-0.25, -0.2) is 0 Å². The van der Waals surface area contributed by atoms with E-state index in [2.05, 4.69) is 48.5 Å². The summed E-state index contributed by atoms with van der Waals surface area (Å²) < 4.78 is 49.4. The fourth-order valence-electron chi connectivity index (χ4n) is 7.52. The molecule has 2 heterocycles. The minimum atomic E-state index is 0.468. The van der Waals surface area contributed by atoms with Gasteiger partial charge in [0.25, 0.3) is 0 Å². The molecule has 0 radical (unpaired) electrons. The monoisotopic (exact) mass is 790 g/mol. The number of allylic oxidation sites excluding steroid dienone is 2. The van der Waals surface area contributed by atoms with E-state index in [1.54, 1.807) is 0 Å². The van der Waals surface area contributed by atoms with Gasteiger partial charge >= 0.3 is 0 Å². The second kappa shape index (κ2) is 20.2. The fourth-order valence-corrected chi connectivity index (χ4v) is 7.52. The molecule has 10 nitrogen and oxygen atoms in total. The lowest BCUT2D eigenvalue weighted by molar-refractivity contribution is 0.287. The van der Waals surface area contributed by atoms with Gasteiger partial charge in [-0.2, -0.15) is 0 Å². The minimum absolute atomic E-state index is 0.468. The summed E-state index contributed by atoms with van der Waals surface area (Å²) in [5.41, 5.74) is 9.32. The predicted molar refractivity (Wildman–Crippen MR) is 232 cm³/mol. The van der Waals surface area contributed by atoms with Crippen LogP contribution in [-0.2, 0) is 12.8 Å². The van der Waals surface area contributed by atoms with Gasteiger partial charge in [0.05, 0.1) is 64.3 Å². The molecular weight excluding hydrogens is 733 g/mol. The van der Waals surface area contributed by atoms with E-state index in [0.29, 0.717) is 100 Å². The quantitative estimate of drug-likeness (QED) is 0.0817. The van der Waals surface area contributed by atoms with Crippen molar-refractivity contribution >= 4 is 22.6 Å². The van der Waals surface area contributed by atoms with Crippen molar-refractivity contribution in [2.24, 2.45) is 9.98 Å². The highest BCUT2D eigenvalue weighted by Gasteiger charge is 2.31. The summed E-state index contributed by atoms with van der Waals surface area (Å²) in [5, 5.41) is 0. The number of ether oxygens (including phenoxy) is 8. The van der Waals surface area contributed by atoms with E-state index in [4.69, 9.17) is 47.9 Å². The molecule has 0 aliphatic carbocycles. The van der Waals surface area contributed by atoms with Crippen molar-refractivity contribution in [3.63, 3.8) is 0 Å². The van der Waals surface area contributed by atoms with E-state index in [-0.39, 0.29) is 0 Å². The summed E-state index contributed by atoms with van der Waals surface area (Å²) in [6.07, 6.45) is 1.50. The van der Waals surface area contributed by atoms with E-state index < -0.39 is 0 Å². The normalized spacial score (nSPS) is 13.6. The average molecular weight is 791 g/mol. The first-order valence-electron chi connectivity index (χ1n) is 20.9. The largest absolute Gasteiger partial charge is 0.490 e. The SMILES string of the molecule is CCOc1ccc(/C(C2=NCCc3cc(OCC)c(OCC)cc32)=C(\C2=NCCc3cc(OCC)c(OCC)cc32)c2ccc(OCC)c(OCC)c2)cc1OCC. The molecule has 0 atom stereocenters. The van der Waals surface area contributed by atoms with Crippen LogP contribution in [-0.4, -0.2) is 77.4 Å². The molecule has 4 aromatic rings. The first-order chi connectivity index (χ1) is 28.4. The van der Waals surface area contributed by atoms with Crippen molar-refractivity contribution in [1.29, 1.82) is 0 Å². The van der Waals surface area contributed by atoms with Crippen molar-refractivity contribution in [1.82, 2.24) is 0 Å². The number of aliphatic imine (C=N–C) groups is 2. The third-order valence-corrected chi connectivity index (χ3v) is 9.74. The molecule has 6 rings (SSSR count). The number of fused-ring (bicyclic) bond motifs is 2. The molecule has 0 amide bonds. The summed E-state index contributed by atoms with van der Waals surface area (Å²) in [7, 11) is 0. The third kappa shape index (κ3) is 9.06. The highest BCUT2D eigenvalue weighted by molar-refractivity contribution is 6.49. The zero-order chi connectivity index (χ0) is 41.0. The van der Waals surface area contributed by atoms with Gasteiger partial charge in [-0.1, -0.05) is 12.1 Å². The van der Waals surface area contributed by atoms with Crippen molar-refractivity contribution in [2.45, 2.75) is 68.2 Å². The molecule has 0 saturated heterocycles. The smallest absolute Gasteiger partial charge is 0.161 e. The van der Waals surface area contributed by atoms with E-state index in [1.807, 2.05) is 67.5 Å². The Morgan fingerprint density at radius 1 is 0.379 bits per heavy atom. The molecule has 0 unspecified atom stereocenters. The molecule has 4 aromatic carbocycles. The third-order valence-electron chi connectivity index (χ3n) is 9.74. The van der Waals surface area contributed by atoms with Crippen molar-refractivity contribution in [3.8, 4) is 46.0 Å². The number of rotatable bonds is 20. The highest BCUT2D eigenvalue weighted by atomic mass is 16.5. The van der Waals surface area contributed by atoms with Crippen LogP contribution in [0.15, 0.2) is 70.6 Å². The molecule has 0 bridgehead atoms. The summed E-state index contributed by atoms with van der Waals surface area (Å²) in [4.78, 5) is 10.8. The highest BCUT2D eigenvalue weighted by Crippen LogP contribution is 2.44. The number of nitrogens with zero attached hydrogens (tertiary/aromatic N) is 2. The Balaban J connectivity index is 1.77. The van der Waals surface area contributed by atoms with E-state index in [9.17, 15) is 0 Å². The van der Waals surface area contributed by atoms with E-state index >= 15 is 0 Å². The topological polar surface area (TPSA) is 98.6 Å². The van der Waals surface area contributed by atoms with Gasteiger partial charge in [0.2, 0.25) is 0 Å². The Bertz CT molecular complexity index is 2000. The van der Waals surface area contributed by atoms with E-state index in [1.165, 1.54) is 0 Å². The maximum absolute atomic E-state index is 6.27. The molecule has 0 fully saturated rings. The number of hydrogen-bond acceptors (Lipinski definition) is 10. The van der Waals surface area contributed by atoms with Gasteiger partial charge in [0, 0.05) is 35.4 Å². The maximum Gasteiger partial charge on any atom is 0.161 e. The second-order valence-electron chi connectivity index (χ2n) is 13.4. The second-order valence-corrected chi connectivity index (χ2v) is 13.4. The summed E-state index contributed by atoms with van der Waals surface area (Å²) in [6.45, 7) is 21.0. The number of hydrogen-bond donors (Lipinski definition) is 0. The molecule has 0 spiro atoms. The molecule has 10 heteroatoms. The van der Waals surface area contributed by atoms with Gasteiger partial charge < -0.3 is 37.9 Å². The zero-order valence-corrected chi connectivity index (χ0v) is 35.4. The molecule has 308 valence electrons. The van der Waals surface area contributed by atoms with Crippen molar-refractivity contribution in [2.75, 3.05) is 65.9 Å². The Morgan fingerprint density at radius 3 is 1.00 bits per heavy atom. The molecule has 0 aromatic heterocycles. The van der Waals surface area contributed by atoms with Gasteiger partial charge in [-0.05, 0) is 139 Å². The van der Waals surface area contributed by atoms with Crippen LogP contribution < -0.4 is 37.9 Å². The molecule has 58 heavy (non-hydrogen) atoms. The lowest BCUT2D eigenvalue weighted by atomic mass is 9.80. The van der Waals surface area contributed by atoms with E-state index in [0.717, 1.165) is 80.3 Å². The van der Waals surface area contributed by atoms with Crippen LogP contribution in [0.4, 0.5) is 0 Å². The lowest BCUT2D eigenvalue weighted by Gasteiger charge is -2.28. The van der Waals surface area contributed by atoms with Crippen LogP contribution in [0, 0.1) is 0 Å². The predicted octanol–water partition coefficient (Wildman–Crippen LogP) is 9.88. The molecule has 0 saturated carbocycles. The molecule has 0 N–H and O–H groups in total. The van der Waals surface area contributed by atoms with Crippen molar-refractivity contribution in [3.05, 3.63) is 94.0 Å². The molecule has 2 aliphatic rings. The van der Waals surface area contributed by atoms with Crippen LogP contribution in [0.1, 0.15) is 88.8 Å². The van der Waals surface area contributed by atoms with Crippen LogP contribution in [0.25, 0.3) is 11.1 Å². The van der Waals surface area contributed by atoms with Gasteiger partial charge in [-0.3, -0.25) is 9.98 Å². The van der Waals surface area contributed by atoms with Gasteiger partial charge in [0.1, 0.15) is 0 Å². The summed E-state index contributed by atoms with van der Waals surface area (Å²) in [5.74, 6) is 5.42. The maximum atomic E-state index is 6.27. The van der Waals surface area contributed by atoms with Crippen LogP contribution in [0.3, 0.4) is 0 Å². The first-order valence-corrected chi connectivity index (χ1v) is 20.9. The fraction of sp³-hybridized carbons (Fsp3) is 0.417. The van der Waals surface area contributed by atoms with Crippen LogP contribution in [0.5, 0.6) is 46.0 Å². The Hall–Kier alpha value is -5.64. The molecule has 2 aliphatic heterocycles. The minimum Gasteiger partial charge on any atom is -0.490 e. The zero-order valence-electron chi connectivity index (χ0n) is 35.4. The van der Waals surface area contributed by atoms with Crippen LogP contribution in [0.2, 0.25) is 0 Å². The standard InChI is InChI=1S/C48H58N2O8/c1-9-51-37-19-17-33(27-39(37)53-11-3)45(47-35-29-43(57-15-7)41(55-13-5)25-31(35)21-23-49-47)46(34-18-20-38(52-10-2)40(28-34)54-12-4)48-36-30-44(58-16-8)42(56-14-6)26-32(36)22-24-50-48/h17-20,25-30H,9-16,21-24H2,1-8H3/b46-45+. The molecular formula is C48H58N2O8. The lowest BCUT2D eigenvalue weighted by Crippen LogP contribution is -2.21. The number of benzene rings is 4. The average Bonchev–Trinajstić information content (AvgIpc) is 3.22. The van der Waals surface area contributed by atoms with Crippen LogP contribution >= 0.6 is 0 Å². The summed E-state index contributed by atoms with van der Waals surface area (Å²) >= 11 is 0. The summed E-state index contributed by atoms with van der Waals surface area (Å²) in [6, 6.07) is 20.7. The van der Waals surface area contributed by atoms with Gasteiger partial charge in [0.15, 0.2) is 46.0 Å². The Labute approximate surface area is 343 Å². The van der Waals surface area contributed by atoms with Gasteiger partial charge in [-0.15, -0.1) is 0 Å².